The molecule has 0 spiro atoms. The highest BCUT2D eigenvalue weighted by Gasteiger charge is 2.14. The molecule has 0 aliphatic carbocycles. The highest BCUT2D eigenvalue weighted by molar-refractivity contribution is 7.99. The average Bonchev–Trinajstić information content (AvgIpc) is 3.00. The quantitative estimate of drug-likeness (QED) is 0.576. The van der Waals surface area contributed by atoms with E-state index in [1.54, 1.807) is 24.1 Å². The van der Waals surface area contributed by atoms with Crippen LogP contribution >= 0.6 is 11.8 Å². The number of hydrogen-bond donors (Lipinski definition) is 0. The molecule has 1 fully saturated rings. The zero-order valence-electron chi connectivity index (χ0n) is 15.6. The first kappa shape index (κ1) is 18.7. The molecule has 6 heteroatoms. The molecule has 3 rings (SSSR count). The lowest BCUT2D eigenvalue weighted by molar-refractivity contribution is 0.104. The van der Waals surface area contributed by atoms with Gasteiger partial charge in [0.25, 0.3) is 0 Å². The third-order valence-electron chi connectivity index (χ3n) is 4.73. The summed E-state index contributed by atoms with van der Waals surface area (Å²) in [4.78, 5) is 14.9. The number of aryl methyl sites for hydroxylation is 1. The Morgan fingerprint density at radius 1 is 1.35 bits per heavy atom. The smallest absolute Gasteiger partial charge is 0.189 e. The molecule has 1 aliphatic heterocycles. The maximum atomic E-state index is 12.4. The van der Waals surface area contributed by atoms with Gasteiger partial charge in [-0.15, -0.1) is 0 Å². The summed E-state index contributed by atoms with van der Waals surface area (Å²) in [6.45, 7) is 4.98. The predicted molar refractivity (Wildman–Crippen MR) is 107 cm³/mol. The highest BCUT2D eigenvalue weighted by atomic mass is 32.2. The first-order valence-corrected chi connectivity index (χ1v) is 9.92. The van der Waals surface area contributed by atoms with E-state index >= 15 is 0 Å². The zero-order chi connectivity index (χ0) is 18.5. The second kappa shape index (κ2) is 8.56. The lowest BCUT2D eigenvalue weighted by atomic mass is 10.1. The van der Waals surface area contributed by atoms with Crippen molar-refractivity contribution in [2.24, 2.45) is 7.05 Å². The van der Waals surface area contributed by atoms with E-state index < -0.39 is 0 Å². The first-order valence-electron chi connectivity index (χ1n) is 8.76. The molecule has 5 nitrogen and oxygen atoms in total. The van der Waals surface area contributed by atoms with E-state index in [2.05, 4.69) is 16.1 Å². The number of aromatic nitrogens is 2. The highest BCUT2D eigenvalue weighted by Crippen LogP contribution is 2.24. The molecule has 0 bridgehead atoms. The minimum Gasteiger partial charge on any atom is -0.496 e. The summed E-state index contributed by atoms with van der Waals surface area (Å²) in [7, 11) is 3.54. The molecule has 2 aromatic rings. The lowest BCUT2D eigenvalue weighted by Gasteiger charge is -2.26. The van der Waals surface area contributed by atoms with Crippen LogP contribution in [0.1, 0.15) is 27.2 Å². The standard InChI is InChI=1S/C20H25N3O2S/c1-15-18(13-21-22(15)2)19(24)6-4-16-5-7-20(25-3)17(12-16)14-23-8-10-26-11-9-23/h4-7,12-13H,8-11,14H2,1-3H3/b6-4+. The third-order valence-corrected chi connectivity index (χ3v) is 5.67. The van der Waals surface area contributed by atoms with Gasteiger partial charge in [0.15, 0.2) is 5.78 Å². The van der Waals surface area contributed by atoms with Crippen LogP contribution in [-0.2, 0) is 13.6 Å². The topological polar surface area (TPSA) is 47.4 Å². The Morgan fingerprint density at radius 3 is 2.77 bits per heavy atom. The van der Waals surface area contributed by atoms with Crippen LogP contribution < -0.4 is 4.74 Å². The zero-order valence-corrected chi connectivity index (χ0v) is 16.4. The number of allylic oxidation sites excluding steroid dienone is 1. The lowest BCUT2D eigenvalue weighted by Crippen LogP contribution is -2.32. The molecule has 0 saturated carbocycles. The maximum absolute atomic E-state index is 12.4. The van der Waals surface area contributed by atoms with Crippen LogP contribution in [-0.4, -0.2) is 52.2 Å². The van der Waals surface area contributed by atoms with E-state index in [9.17, 15) is 4.79 Å². The summed E-state index contributed by atoms with van der Waals surface area (Å²) in [5.74, 6) is 3.23. The Kier molecular flexibility index (Phi) is 6.16. The van der Waals surface area contributed by atoms with Crippen molar-refractivity contribution in [2.45, 2.75) is 13.5 Å². The van der Waals surface area contributed by atoms with Crippen molar-refractivity contribution >= 4 is 23.6 Å². The van der Waals surface area contributed by atoms with Crippen molar-refractivity contribution in [1.29, 1.82) is 0 Å². The monoisotopic (exact) mass is 371 g/mol. The normalized spacial score (nSPS) is 15.5. The summed E-state index contributed by atoms with van der Waals surface area (Å²) in [6, 6.07) is 6.07. The summed E-state index contributed by atoms with van der Waals surface area (Å²) < 4.78 is 7.23. The maximum Gasteiger partial charge on any atom is 0.189 e. The molecule has 0 atom stereocenters. The molecule has 1 aromatic carbocycles. The van der Waals surface area contributed by atoms with Crippen molar-refractivity contribution in [3.8, 4) is 5.75 Å². The van der Waals surface area contributed by atoms with Crippen molar-refractivity contribution in [2.75, 3.05) is 31.7 Å². The van der Waals surface area contributed by atoms with Gasteiger partial charge in [-0.25, -0.2) is 0 Å². The van der Waals surface area contributed by atoms with E-state index in [4.69, 9.17) is 4.74 Å². The Morgan fingerprint density at radius 2 is 2.12 bits per heavy atom. The van der Waals surface area contributed by atoms with Gasteiger partial charge >= 0.3 is 0 Å². The molecular formula is C20H25N3O2S. The van der Waals surface area contributed by atoms with Crippen LogP contribution in [0.5, 0.6) is 5.75 Å². The molecular weight excluding hydrogens is 346 g/mol. The van der Waals surface area contributed by atoms with Crippen LogP contribution in [0.15, 0.2) is 30.5 Å². The second-order valence-electron chi connectivity index (χ2n) is 6.42. The molecule has 0 radical (unpaired) electrons. The predicted octanol–water partition coefficient (Wildman–Crippen LogP) is 3.18. The number of rotatable bonds is 6. The Balaban J connectivity index is 1.76. The van der Waals surface area contributed by atoms with E-state index in [1.807, 2.05) is 43.9 Å². The molecule has 1 aromatic heterocycles. The minimum absolute atomic E-state index is 0.0268. The van der Waals surface area contributed by atoms with Crippen molar-refractivity contribution in [3.63, 3.8) is 0 Å². The van der Waals surface area contributed by atoms with Gasteiger partial charge in [-0.2, -0.15) is 16.9 Å². The van der Waals surface area contributed by atoms with E-state index in [1.165, 1.54) is 11.5 Å². The molecule has 1 aliphatic rings. The van der Waals surface area contributed by atoms with Crippen LogP contribution in [0.25, 0.3) is 6.08 Å². The Hall–Kier alpha value is -2.05. The van der Waals surface area contributed by atoms with E-state index in [0.717, 1.165) is 42.2 Å². The first-order chi connectivity index (χ1) is 12.6. The van der Waals surface area contributed by atoms with Gasteiger partial charge in [0, 0.05) is 49.4 Å². The van der Waals surface area contributed by atoms with Crippen LogP contribution in [0.4, 0.5) is 0 Å². The molecule has 0 N–H and O–H groups in total. The molecule has 138 valence electrons. The summed E-state index contributed by atoms with van der Waals surface area (Å²) in [5.41, 5.74) is 3.68. The third kappa shape index (κ3) is 4.37. The van der Waals surface area contributed by atoms with E-state index in [0.29, 0.717) is 5.56 Å². The van der Waals surface area contributed by atoms with Crippen LogP contribution in [0.3, 0.4) is 0 Å². The molecule has 26 heavy (non-hydrogen) atoms. The molecule has 2 heterocycles. The van der Waals surface area contributed by atoms with Gasteiger partial charge in [-0.05, 0) is 30.7 Å². The number of ketones is 1. The van der Waals surface area contributed by atoms with Crippen molar-refractivity contribution in [1.82, 2.24) is 14.7 Å². The van der Waals surface area contributed by atoms with Gasteiger partial charge in [0.2, 0.25) is 0 Å². The summed E-state index contributed by atoms with van der Waals surface area (Å²) >= 11 is 2.01. The number of carbonyl (C=O) groups excluding carboxylic acids is 1. The fourth-order valence-corrected chi connectivity index (χ4v) is 4.01. The molecule has 0 amide bonds. The van der Waals surface area contributed by atoms with Gasteiger partial charge in [0.05, 0.1) is 18.9 Å². The molecule has 0 unspecified atom stereocenters. The number of hydrogen-bond acceptors (Lipinski definition) is 5. The van der Waals surface area contributed by atoms with Crippen molar-refractivity contribution < 1.29 is 9.53 Å². The second-order valence-corrected chi connectivity index (χ2v) is 7.65. The number of methoxy groups -OCH3 is 1. The Bertz CT molecular complexity index is 807. The number of benzene rings is 1. The summed E-state index contributed by atoms with van der Waals surface area (Å²) in [5, 5.41) is 4.13. The van der Waals surface area contributed by atoms with Gasteiger partial charge in [-0.3, -0.25) is 14.4 Å². The van der Waals surface area contributed by atoms with Gasteiger partial charge in [-0.1, -0.05) is 12.1 Å². The van der Waals surface area contributed by atoms with Crippen LogP contribution in [0, 0.1) is 6.92 Å². The number of carbonyl (C=O) groups is 1. The van der Waals surface area contributed by atoms with Crippen LogP contribution in [0.2, 0.25) is 0 Å². The fourth-order valence-electron chi connectivity index (χ4n) is 3.03. The SMILES string of the molecule is COc1ccc(/C=C/C(=O)c2cnn(C)c2C)cc1CN1CCSCC1. The van der Waals surface area contributed by atoms with Crippen molar-refractivity contribution in [3.05, 3.63) is 52.9 Å². The number of thioether (sulfide) groups is 1. The Labute approximate surface area is 159 Å². The fraction of sp³-hybridized carbons (Fsp3) is 0.400. The van der Waals surface area contributed by atoms with Gasteiger partial charge in [0.1, 0.15) is 5.75 Å². The summed E-state index contributed by atoms with van der Waals surface area (Å²) in [6.07, 6.45) is 5.10. The molecule has 1 saturated heterocycles. The minimum atomic E-state index is -0.0268. The number of nitrogens with zero attached hydrogens (tertiary/aromatic N) is 3. The average molecular weight is 372 g/mol. The van der Waals surface area contributed by atoms with Gasteiger partial charge < -0.3 is 4.74 Å². The number of ether oxygens (including phenoxy) is 1. The largest absolute Gasteiger partial charge is 0.496 e. The van der Waals surface area contributed by atoms with E-state index in [-0.39, 0.29) is 5.78 Å².